The minimum Gasteiger partial charge on any atom is -0.598 e. The zero-order chi connectivity index (χ0) is 24.3. The first-order valence-electron chi connectivity index (χ1n) is 11.5. The van der Waals surface area contributed by atoms with Gasteiger partial charge in [0.05, 0.1) is 29.7 Å². The molecule has 5 nitrogen and oxygen atoms in total. The molecule has 2 aromatic carbocycles. The Hall–Kier alpha value is -2.93. The van der Waals surface area contributed by atoms with Gasteiger partial charge in [-0.1, -0.05) is 61.5 Å². The molecule has 2 heterocycles. The Morgan fingerprint density at radius 3 is 2.32 bits per heavy atom. The van der Waals surface area contributed by atoms with Gasteiger partial charge in [-0.3, -0.25) is 0 Å². The highest BCUT2D eigenvalue weighted by atomic mass is 32.2. The molecule has 0 saturated carbocycles. The van der Waals surface area contributed by atoms with Crippen LogP contribution in [0.1, 0.15) is 45.7 Å². The van der Waals surface area contributed by atoms with E-state index in [0.717, 1.165) is 45.3 Å². The normalized spacial score (nSPS) is 13.6. The summed E-state index contributed by atoms with van der Waals surface area (Å²) in [6.45, 7) is 8.04. The molecular weight excluding hydrogens is 442 g/mol. The topological polar surface area (TPSA) is 70.1 Å². The number of nitrogens with one attached hydrogen (secondary N) is 1. The van der Waals surface area contributed by atoms with Crippen LogP contribution in [0.25, 0.3) is 33.3 Å². The number of pyridine rings is 2. The number of hydrogen-bond donors (Lipinski definition) is 1. The van der Waals surface area contributed by atoms with Gasteiger partial charge in [0.2, 0.25) is 5.88 Å². The van der Waals surface area contributed by atoms with Crippen LogP contribution in [0.15, 0.2) is 72.9 Å². The number of benzene rings is 2. The van der Waals surface area contributed by atoms with E-state index in [9.17, 15) is 4.55 Å². The monoisotopic (exact) mass is 473 g/mol. The zero-order valence-corrected chi connectivity index (χ0v) is 21.1. The van der Waals surface area contributed by atoms with Crippen LogP contribution in [0.5, 0.6) is 5.88 Å². The Morgan fingerprint density at radius 1 is 1.00 bits per heavy atom. The van der Waals surface area contributed by atoms with E-state index in [1.54, 1.807) is 13.3 Å². The van der Waals surface area contributed by atoms with Gasteiger partial charge in [-0.15, -0.1) is 4.72 Å². The number of hydrogen-bond acceptors (Lipinski definition) is 5. The van der Waals surface area contributed by atoms with Gasteiger partial charge in [0.25, 0.3) is 0 Å². The maximum Gasteiger partial charge on any atom is 0.222 e. The Labute approximate surface area is 204 Å². The van der Waals surface area contributed by atoms with Crippen LogP contribution in [-0.2, 0) is 11.4 Å². The summed E-state index contributed by atoms with van der Waals surface area (Å²) in [6.07, 6.45) is 2.56. The summed E-state index contributed by atoms with van der Waals surface area (Å²) in [7, 11) is 1.63. The first kappa shape index (κ1) is 24.2. The fourth-order valence-electron chi connectivity index (χ4n) is 3.86. The highest BCUT2D eigenvalue weighted by molar-refractivity contribution is 7.90. The van der Waals surface area contributed by atoms with Crippen molar-refractivity contribution in [3.8, 4) is 28.3 Å². The number of ether oxygens (including phenoxy) is 1. The minimum atomic E-state index is -1.14. The average molecular weight is 474 g/mol. The molecule has 0 radical (unpaired) electrons. The van der Waals surface area contributed by atoms with Crippen LogP contribution in [0.2, 0.25) is 0 Å². The average Bonchev–Trinajstić information content (AvgIpc) is 2.86. The fourth-order valence-corrected chi connectivity index (χ4v) is 4.77. The molecular formula is C28H31N3O2S. The maximum absolute atomic E-state index is 12.6. The molecule has 2 atom stereocenters. The summed E-state index contributed by atoms with van der Waals surface area (Å²) in [6, 6.07) is 22.7. The standard InChI is InChI=1S/C28H31N3O2S/c1-6-24(31-34(32)28(2,3)4)20-12-14-21(15-13-20)26-22(19-10-8-7-9-11-19)18-23-25(30-26)16-17-29-27(23)33-5/h7-18,24,31H,6H2,1-5H3. The van der Waals surface area contributed by atoms with E-state index in [-0.39, 0.29) is 10.8 Å². The lowest BCUT2D eigenvalue weighted by Crippen LogP contribution is -2.41. The van der Waals surface area contributed by atoms with Crippen LogP contribution in [0, 0.1) is 0 Å². The second-order valence-electron chi connectivity index (χ2n) is 9.22. The van der Waals surface area contributed by atoms with Crippen LogP contribution in [-0.4, -0.2) is 26.4 Å². The third-order valence-corrected chi connectivity index (χ3v) is 7.40. The van der Waals surface area contributed by atoms with Crippen molar-refractivity contribution in [1.29, 1.82) is 0 Å². The molecule has 2 aromatic heterocycles. The lowest BCUT2D eigenvalue weighted by atomic mass is 9.96. The number of aromatic nitrogens is 2. The van der Waals surface area contributed by atoms with Crippen molar-refractivity contribution in [2.45, 2.75) is 44.9 Å². The van der Waals surface area contributed by atoms with Gasteiger partial charge in [-0.25, -0.2) is 9.97 Å². The van der Waals surface area contributed by atoms with Gasteiger partial charge in [-0.2, -0.15) is 0 Å². The summed E-state index contributed by atoms with van der Waals surface area (Å²) in [5, 5.41) is 0.879. The number of rotatable bonds is 7. The summed E-state index contributed by atoms with van der Waals surface area (Å²) in [5.41, 5.74) is 5.96. The summed E-state index contributed by atoms with van der Waals surface area (Å²) in [5.74, 6) is 0.563. The van der Waals surface area contributed by atoms with Crippen molar-refractivity contribution >= 4 is 22.3 Å². The predicted molar refractivity (Wildman–Crippen MR) is 141 cm³/mol. The van der Waals surface area contributed by atoms with E-state index in [1.807, 2.05) is 45.0 Å². The second-order valence-corrected chi connectivity index (χ2v) is 11.2. The molecule has 176 valence electrons. The third-order valence-electron chi connectivity index (χ3n) is 5.78. The van der Waals surface area contributed by atoms with Gasteiger partial charge in [0.1, 0.15) is 4.75 Å². The zero-order valence-electron chi connectivity index (χ0n) is 20.3. The minimum absolute atomic E-state index is 0.0163. The van der Waals surface area contributed by atoms with Crippen molar-refractivity contribution in [2.24, 2.45) is 0 Å². The summed E-state index contributed by atoms with van der Waals surface area (Å²) >= 11 is -1.14. The molecule has 0 bridgehead atoms. The van der Waals surface area contributed by atoms with Crippen LogP contribution < -0.4 is 9.46 Å². The van der Waals surface area contributed by atoms with E-state index >= 15 is 0 Å². The Bertz CT molecular complexity index is 1250. The number of fused-ring (bicyclic) bond motifs is 1. The maximum atomic E-state index is 12.6. The largest absolute Gasteiger partial charge is 0.598 e. The molecule has 6 heteroatoms. The SMILES string of the molecule is CCC(N[S+]([O-])C(C)(C)C)c1ccc(-c2nc3ccnc(OC)c3cc2-c2ccccc2)cc1. The lowest BCUT2D eigenvalue weighted by molar-refractivity contribution is 0.403. The van der Waals surface area contributed by atoms with Crippen LogP contribution in [0.3, 0.4) is 0 Å². The van der Waals surface area contributed by atoms with E-state index < -0.39 is 11.4 Å². The van der Waals surface area contributed by atoms with Gasteiger partial charge >= 0.3 is 0 Å². The fraction of sp³-hybridized carbons (Fsp3) is 0.286. The molecule has 4 rings (SSSR count). The first-order chi connectivity index (χ1) is 16.3. The van der Waals surface area contributed by atoms with Crippen molar-refractivity contribution in [2.75, 3.05) is 7.11 Å². The highest BCUT2D eigenvalue weighted by Gasteiger charge is 2.29. The predicted octanol–water partition coefficient (Wildman–Crippen LogP) is 6.48. The molecule has 0 saturated heterocycles. The molecule has 34 heavy (non-hydrogen) atoms. The molecule has 1 N–H and O–H groups in total. The second kappa shape index (κ2) is 10.1. The smallest absolute Gasteiger partial charge is 0.222 e. The van der Waals surface area contributed by atoms with Gasteiger partial charge in [0.15, 0.2) is 0 Å². The van der Waals surface area contributed by atoms with Crippen molar-refractivity contribution in [1.82, 2.24) is 14.7 Å². The van der Waals surface area contributed by atoms with E-state index in [0.29, 0.717) is 5.88 Å². The third kappa shape index (κ3) is 5.09. The van der Waals surface area contributed by atoms with Crippen LogP contribution in [0.4, 0.5) is 0 Å². The van der Waals surface area contributed by atoms with Gasteiger partial charge in [-0.05, 0) is 50.5 Å². The molecule has 0 aliphatic carbocycles. The van der Waals surface area contributed by atoms with Gasteiger partial charge in [0, 0.05) is 28.7 Å². The Kier molecular flexibility index (Phi) is 7.22. The molecule has 4 aromatic rings. The van der Waals surface area contributed by atoms with Crippen molar-refractivity contribution < 1.29 is 9.29 Å². The van der Waals surface area contributed by atoms with E-state index in [4.69, 9.17) is 9.72 Å². The highest BCUT2D eigenvalue weighted by Crippen LogP contribution is 2.36. The van der Waals surface area contributed by atoms with Crippen LogP contribution >= 0.6 is 0 Å². The van der Waals surface area contributed by atoms with Gasteiger partial charge < -0.3 is 9.29 Å². The quantitative estimate of drug-likeness (QED) is 0.311. The molecule has 0 aliphatic rings. The van der Waals surface area contributed by atoms with Crippen molar-refractivity contribution in [3.05, 3.63) is 78.5 Å². The Balaban J connectivity index is 1.77. The molecule has 2 unspecified atom stereocenters. The molecule has 0 fully saturated rings. The van der Waals surface area contributed by atoms with E-state index in [2.05, 4.69) is 59.1 Å². The lowest BCUT2D eigenvalue weighted by Gasteiger charge is -2.27. The Morgan fingerprint density at radius 2 is 1.71 bits per heavy atom. The molecule has 0 spiro atoms. The summed E-state index contributed by atoms with van der Waals surface area (Å²) < 4.78 is 21.1. The number of nitrogens with zero attached hydrogens (tertiary/aromatic N) is 2. The molecule has 0 aliphatic heterocycles. The number of methoxy groups -OCH3 is 1. The van der Waals surface area contributed by atoms with E-state index in [1.165, 1.54) is 0 Å². The summed E-state index contributed by atoms with van der Waals surface area (Å²) in [4.78, 5) is 9.37. The first-order valence-corrected chi connectivity index (χ1v) is 12.6. The van der Waals surface area contributed by atoms with Crippen molar-refractivity contribution in [3.63, 3.8) is 0 Å². The molecule has 0 amide bonds.